The van der Waals surface area contributed by atoms with Crippen LogP contribution in [-0.2, 0) is 14.3 Å². The average molecular weight is 328 g/mol. The number of nitrogens with one attached hydrogen (secondary N) is 1. The van der Waals surface area contributed by atoms with Crippen LogP contribution in [0.25, 0.3) is 0 Å². The molecule has 124 valence electrons. The third kappa shape index (κ3) is 3.01. The molecule has 2 heterocycles. The van der Waals surface area contributed by atoms with Crippen LogP contribution in [0.3, 0.4) is 0 Å². The zero-order chi connectivity index (χ0) is 17.3. The summed E-state index contributed by atoms with van der Waals surface area (Å²) in [4.78, 5) is 37.4. The molecule has 0 aliphatic carbocycles. The van der Waals surface area contributed by atoms with E-state index in [-0.39, 0.29) is 18.0 Å². The van der Waals surface area contributed by atoms with Crippen molar-refractivity contribution in [2.75, 3.05) is 23.4 Å². The minimum atomic E-state index is -0.632. The van der Waals surface area contributed by atoms with Gasteiger partial charge in [-0.1, -0.05) is 12.1 Å². The molecule has 3 rings (SSSR count). The van der Waals surface area contributed by atoms with Crippen LogP contribution in [-0.4, -0.2) is 30.9 Å². The summed E-state index contributed by atoms with van der Waals surface area (Å²) in [6, 6.07) is 8.51. The number of aryl methyl sites for hydroxylation is 2. The van der Waals surface area contributed by atoms with E-state index in [1.54, 1.807) is 44.2 Å². The van der Waals surface area contributed by atoms with Gasteiger partial charge in [-0.2, -0.15) is 0 Å². The Bertz CT molecular complexity index is 824. The molecule has 2 amide bonds. The molecule has 0 radical (unpaired) electrons. The number of carbonyl (C=O) groups is 3. The largest absolute Gasteiger partial charge is 0.466 e. The van der Waals surface area contributed by atoms with E-state index in [0.29, 0.717) is 22.9 Å². The van der Waals surface area contributed by atoms with E-state index in [2.05, 4.69) is 5.32 Å². The monoisotopic (exact) mass is 328 g/mol. The molecule has 0 bridgehead atoms. The van der Waals surface area contributed by atoms with E-state index < -0.39 is 18.5 Å². The molecule has 0 unspecified atom stereocenters. The molecule has 0 saturated carbocycles. The molecule has 24 heavy (non-hydrogen) atoms. The third-order valence-electron chi connectivity index (χ3n) is 3.66. The summed E-state index contributed by atoms with van der Waals surface area (Å²) in [7, 11) is 0. The van der Waals surface area contributed by atoms with Gasteiger partial charge in [-0.3, -0.25) is 14.5 Å². The fourth-order valence-corrected chi connectivity index (χ4v) is 2.57. The lowest BCUT2D eigenvalue weighted by Gasteiger charge is -2.28. The molecule has 7 nitrogen and oxygen atoms in total. The quantitative estimate of drug-likeness (QED) is 0.871. The lowest BCUT2D eigenvalue weighted by Crippen LogP contribution is -2.44. The molecule has 0 fully saturated rings. The van der Waals surface area contributed by atoms with Gasteiger partial charge in [0, 0.05) is 0 Å². The Morgan fingerprint density at radius 1 is 1.29 bits per heavy atom. The maximum Gasteiger partial charge on any atom is 0.342 e. The van der Waals surface area contributed by atoms with E-state index in [4.69, 9.17) is 9.15 Å². The van der Waals surface area contributed by atoms with E-state index >= 15 is 0 Å². The van der Waals surface area contributed by atoms with E-state index in [0.717, 1.165) is 0 Å². The first kappa shape index (κ1) is 15.8. The Morgan fingerprint density at radius 3 is 2.75 bits per heavy atom. The number of ether oxygens (including phenoxy) is 1. The van der Waals surface area contributed by atoms with E-state index in [9.17, 15) is 14.4 Å². The highest BCUT2D eigenvalue weighted by Crippen LogP contribution is 2.28. The molecule has 1 aliphatic heterocycles. The summed E-state index contributed by atoms with van der Waals surface area (Å²) in [5.74, 6) is -0.370. The topological polar surface area (TPSA) is 88.9 Å². The second kappa shape index (κ2) is 6.19. The van der Waals surface area contributed by atoms with Gasteiger partial charge in [-0.15, -0.1) is 0 Å². The predicted octanol–water partition coefficient (Wildman–Crippen LogP) is 2.04. The van der Waals surface area contributed by atoms with Gasteiger partial charge in [0.1, 0.15) is 23.6 Å². The molecule has 1 N–H and O–H groups in total. The van der Waals surface area contributed by atoms with Crippen molar-refractivity contribution < 1.29 is 23.5 Å². The number of esters is 1. The maximum absolute atomic E-state index is 12.4. The molecule has 0 atom stereocenters. The molecular weight excluding hydrogens is 312 g/mol. The highest BCUT2D eigenvalue weighted by atomic mass is 16.5. The minimum Gasteiger partial charge on any atom is -0.466 e. The number of rotatable bonds is 3. The van der Waals surface area contributed by atoms with Gasteiger partial charge in [0.25, 0.3) is 5.91 Å². The van der Waals surface area contributed by atoms with Crippen LogP contribution in [0, 0.1) is 13.8 Å². The second-order valence-corrected chi connectivity index (χ2v) is 5.45. The SMILES string of the molecule is Cc1cc(C(=O)OCC(=O)N2CC(=O)Nc3ccccc32)c(C)o1. The molecule has 2 aromatic rings. The number of fused-ring (bicyclic) bond motifs is 1. The summed E-state index contributed by atoms with van der Waals surface area (Å²) in [6.45, 7) is 2.80. The molecule has 0 spiro atoms. The number of hydrogen-bond donors (Lipinski definition) is 1. The number of benzene rings is 1. The Labute approximate surface area is 138 Å². The van der Waals surface area contributed by atoms with Crippen LogP contribution in [0.4, 0.5) is 11.4 Å². The highest BCUT2D eigenvalue weighted by molar-refractivity contribution is 6.10. The Hall–Kier alpha value is -3.09. The number of anilines is 2. The van der Waals surface area contributed by atoms with Crippen LogP contribution in [0.15, 0.2) is 34.7 Å². The minimum absolute atomic E-state index is 0.114. The van der Waals surface area contributed by atoms with Gasteiger partial charge >= 0.3 is 5.97 Å². The fourth-order valence-electron chi connectivity index (χ4n) is 2.57. The summed E-state index contributed by atoms with van der Waals surface area (Å²) in [5.41, 5.74) is 1.42. The van der Waals surface area contributed by atoms with Crippen molar-refractivity contribution in [2.45, 2.75) is 13.8 Å². The molecule has 1 aromatic carbocycles. The zero-order valence-electron chi connectivity index (χ0n) is 13.3. The number of nitrogens with zero attached hydrogens (tertiary/aromatic N) is 1. The smallest absolute Gasteiger partial charge is 0.342 e. The summed E-state index contributed by atoms with van der Waals surface area (Å²) in [5, 5.41) is 2.69. The fraction of sp³-hybridized carbons (Fsp3) is 0.235. The third-order valence-corrected chi connectivity index (χ3v) is 3.66. The van der Waals surface area contributed by atoms with Gasteiger partial charge in [-0.25, -0.2) is 4.79 Å². The second-order valence-electron chi connectivity index (χ2n) is 5.45. The van der Waals surface area contributed by atoms with Gasteiger partial charge < -0.3 is 14.5 Å². The lowest BCUT2D eigenvalue weighted by atomic mass is 10.2. The van der Waals surface area contributed by atoms with Crippen molar-refractivity contribution in [1.82, 2.24) is 0 Å². The van der Waals surface area contributed by atoms with Crippen LogP contribution in [0.1, 0.15) is 21.9 Å². The lowest BCUT2D eigenvalue weighted by molar-refractivity contribution is -0.124. The van der Waals surface area contributed by atoms with Gasteiger partial charge in [-0.05, 0) is 32.0 Å². The molecule has 1 aromatic heterocycles. The van der Waals surface area contributed by atoms with E-state index in [1.807, 2.05) is 0 Å². The predicted molar refractivity (Wildman–Crippen MR) is 85.9 cm³/mol. The first-order valence-electron chi connectivity index (χ1n) is 7.39. The Balaban J connectivity index is 1.70. The average Bonchev–Trinajstić information content (AvgIpc) is 2.90. The number of furan rings is 1. The van der Waals surface area contributed by atoms with Gasteiger partial charge in [0.2, 0.25) is 5.91 Å². The Morgan fingerprint density at radius 2 is 2.04 bits per heavy atom. The molecule has 1 aliphatic rings. The van der Waals surface area contributed by atoms with Crippen molar-refractivity contribution in [2.24, 2.45) is 0 Å². The van der Waals surface area contributed by atoms with Crippen LogP contribution >= 0.6 is 0 Å². The first-order chi connectivity index (χ1) is 11.5. The van der Waals surface area contributed by atoms with Crippen molar-refractivity contribution in [3.63, 3.8) is 0 Å². The standard InChI is InChI=1S/C17H16N2O5/c1-10-7-12(11(2)24-10)17(22)23-9-16(21)19-8-15(20)18-13-5-3-4-6-14(13)19/h3-7H,8-9H2,1-2H3,(H,18,20). The molecular formula is C17H16N2O5. The number of para-hydroxylation sites is 2. The number of amides is 2. The summed E-state index contributed by atoms with van der Waals surface area (Å²) in [6.07, 6.45) is 0. The van der Waals surface area contributed by atoms with Crippen LogP contribution < -0.4 is 10.2 Å². The van der Waals surface area contributed by atoms with Crippen LogP contribution in [0.5, 0.6) is 0 Å². The van der Waals surface area contributed by atoms with Crippen LogP contribution in [0.2, 0.25) is 0 Å². The first-order valence-corrected chi connectivity index (χ1v) is 7.39. The van der Waals surface area contributed by atoms with Gasteiger partial charge in [0.05, 0.1) is 11.4 Å². The van der Waals surface area contributed by atoms with Crippen molar-refractivity contribution >= 4 is 29.2 Å². The highest BCUT2D eigenvalue weighted by Gasteiger charge is 2.27. The number of hydrogen-bond acceptors (Lipinski definition) is 5. The molecule has 0 saturated heterocycles. The number of carbonyl (C=O) groups excluding carboxylic acids is 3. The normalized spacial score (nSPS) is 13.2. The van der Waals surface area contributed by atoms with E-state index in [1.165, 1.54) is 4.90 Å². The van der Waals surface area contributed by atoms with Gasteiger partial charge in [0.15, 0.2) is 6.61 Å². The van der Waals surface area contributed by atoms with Crippen molar-refractivity contribution in [3.05, 3.63) is 47.4 Å². The summed E-state index contributed by atoms with van der Waals surface area (Å²) < 4.78 is 10.3. The maximum atomic E-state index is 12.4. The van der Waals surface area contributed by atoms with Crippen molar-refractivity contribution in [3.8, 4) is 0 Å². The Kier molecular flexibility index (Phi) is 4.07. The summed E-state index contributed by atoms with van der Waals surface area (Å²) >= 11 is 0. The van der Waals surface area contributed by atoms with Crippen molar-refractivity contribution in [1.29, 1.82) is 0 Å². The molecule has 7 heteroatoms. The zero-order valence-corrected chi connectivity index (χ0v) is 13.3.